The Morgan fingerprint density at radius 2 is 1.70 bits per heavy atom. The number of rotatable bonds is 7. The maximum absolute atomic E-state index is 12.4. The van der Waals surface area contributed by atoms with Crippen LogP contribution in [0.3, 0.4) is 0 Å². The number of hydrogen-bond donors (Lipinski definition) is 2. The molecular formula is C23H18BrNO5. The van der Waals surface area contributed by atoms with Crippen molar-refractivity contribution in [2.24, 2.45) is 0 Å². The molecule has 0 atom stereocenters. The average Bonchev–Trinajstić information content (AvgIpc) is 2.76. The van der Waals surface area contributed by atoms with Crippen molar-refractivity contribution in [3.05, 3.63) is 94.1 Å². The molecule has 2 N–H and O–H groups in total. The zero-order chi connectivity index (χ0) is 21.5. The Labute approximate surface area is 181 Å². The molecule has 3 rings (SSSR count). The van der Waals surface area contributed by atoms with Crippen LogP contribution in [0.1, 0.15) is 15.9 Å². The van der Waals surface area contributed by atoms with Crippen LogP contribution in [0.4, 0.5) is 0 Å². The van der Waals surface area contributed by atoms with Crippen molar-refractivity contribution >= 4 is 33.9 Å². The van der Waals surface area contributed by atoms with Gasteiger partial charge in [-0.15, -0.1) is 0 Å². The van der Waals surface area contributed by atoms with Gasteiger partial charge in [-0.2, -0.15) is 0 Å². The van der Waals surface area contributed by atoms with Crippen LogP contribution in [0.2, 0.25) is 0 Å². The molecule has 6 nitrogen and oxygen atoms in total. The molecule has 3 aromatic rings. The number of carbonyl (C=O) groups is 2. The van der Waals surface area contributed by atoms with Crippen molar-refractivity contribution in [1.29, 1.82) is 0 Å². The molecule has 0 aliphatic heterocycles. The minimum atomic E-state index is -1.25. The van der Waals surface area contributed by atoms with E-state index in [1.165, 1.54) is 19.3 Å². The number of carboxylic acid groups (broad SMARTS) is 1. The van der Waals surface area contributed by atoms with Crippen molar-refractivity contribution in [2.45, 2.75) is 0 Å². The lowest BCUT2D eigenvalue weighted by molar-refractivity contribution is -0.132. The highest BCUT2D eigenvalue weighted by Gasteiger charge is 2.14. The van der Waals surface area contributed by atoms with Crippen molar-refractivity contribution in [2.75, 3.05) is 7.11 Å². The van der Waals surface area contributed by atoms with Gasteiger partial charge in [-0.25, -0.2) is 4.79 Å². The number of benzene rings is 3. The number of carboxylic acids is 1. The van der Waals surface area contributed by atoms with Crippen LogP contribution in [-0.4, -0.2) is 24.1 Å². The number of para-hydroxylation sites is 1. The van der Waals surface area contributed by atoms with Gasteiger partial charge in [-0.3, -0.25) is 4.79 Å². The van der Waals surface area contributed by atoms with Gasteiger partial charge in [-0.1, -0.05) is 30.3 Å². The summed E-state index contributed by atoms with van der Waals surface area (Å²) in [4.78, 5) is 24.0. The van der Waals surface area contributed by atoms with Crippen LogP contribution >= 0.6 is 15.9 Å². The fourth-order valence-electron chi connectivity index (χ4n) is 2.56. The van der Waals surface area contributed by atoms with E-state index in [-0.39, 0.29) is 5.70 Å². The molecule has 0 fully saturated rings. The summed E-state index contributed by atoms with van der Waals surface area (Å²) >= 11 is 3.42. The van der Waals surface area contributed by atoms with E-state index < -0.39 is 11.9 Å². The van der Waals surface area contributed by atoms with Crippen LogP contribution in [-0.2, 0) is 4.79 Å². The molecule has 0 unspecified atom stereocenters. The molecule has 0 aliphatic rings. The second-order valence-corrected chi connectivity index (χ2v) is 7.01. The van der Waals surface area contributed by atoms with Gasteiger partial charge >= 0.3 is 5.97 Å². The molecule has 0 radical (unpaired) electrons. The van der Waals surface area contributed by atoms with Crippen molar-refractivity contribution in [3.63, 3.8) is 0 Å². The van der Waals surface area contributed by atoms with Crippen LogP contribution in [0, 0.1) is 0 Å². The first-order chi connectivity index (χ1) is 14.5. The molecule has 0 heterocycles. The number of ether oxygens (including phenoxy) is 2. The molecular weight excluding hydrogens is 450 g/mol. The molecule has 3 aromatic carbocycles. The smallest absolute Gasteiger partial charge is 0.352 e. The normalized spacial score (nSPS) is 10.9. The maximum Gasteiger partial charge on any atom is 0.352 e. The first-order valence-corrected chi connectivity index (χ1v) is 9.68. The fourth-order valence-corrected chi connectivity index (χ4v) is 2.93. The third kappa shape index (κ3) is 5.48. The Morgan fingerprint density at radius 3 is 2.37 bits per heavy atom. The lowest BCUT2D eigenvalue weighted by Gasteiger charge is -2.09. The highest BCUT2D eigenvalue weighted by molar-refractivity contribution is 9.10. The summed E-state index contributed by atoms with van der Waals surface area (Å²) in [5.41, 5.74) is 0.638. The van der Waals surface area contributed by atoms with Crippen LogP contribution < -0.4 is 14.8 Å². The van der Waals surface area contributed by atoms with E-state index in [2.05, 4.69) is 21.2 Å². The van der Waals surface area contributed by atoms with Gasteiger partial charge in [0.25, 0.3) is 5.91 Å². The Hall–Kier alpha value is -3.58. The molecule has 0 aliphatic carbocycles. The Morgan fingerprint density at radius 1 is 0.967 bits per heavy atom. The average molecular weight is 468 g/mol. The standard InChI is InChI=1S/C23H18BrNO5/c1-29-18-6-4-5-16(14-18)22(26)25-20(23(27)28)13-15-9-11-17(12-10-15)30-21-8-3-2-7-19(21)24/h2-14H,1H3,(H,25,26)(H,27,28). The Bertz CT molecular complexity index is 1090. The predicted octanol–water partition coefficient (Wildman–Crippen LogP) is 5.11. The number of halogens is 1. The van der Waals surface area contributed by atoms with Gasteiger partial charge in [0.05, 0.1) is 11.6 Å². The number of aliphatic carboxylic acids is 1. The van der Waals surface area contributed by atoms with Crippen molar-refractivity contribution < 1.29 is 24.2 Å². The number of hydrogen-bond acceptors (Lipinski definition) is 4. The van der Waals surface area contributed by atoms with E-state index in [1.54, 1.807) is 42.5 Å². The van der Waals surface area contributed by atoms with E-state index in [4.69, 9.17) is 9.47 Å². The molecule has 7 heteroatoms. The van der Waals surface area contributed by atoms with Gasteiger partial charge in [0.1, 0.15) is 22.9 Å². The minimum Gasteiger partial charge on any atom is -0.497 e. The zero-order valence-corrected chi connectivity index (χ0v) is 17.5. The lowest BCUT2D eigenvalue weighted by atomic mass is 10.1. The SMILES string of the molecule is COc1cccc(C(=O)NC(=Cc2ccc(Oc3ccccc3Br)cc2)C(=O)O)c1. The molecule has 0 saturated carbocycles. The summed E-state index contributed by atoms with van der Waals surface area (Å²) in [6.07, 6.45) is 1.38. The van der Waals surface area contributed by atoms with Gasteiger partial charge in [0.2, 0.25) is 0 Å². The van der Waals surface area contributed by atoms with E-state index in [1.807, 2.05) is 24.3 Å². The van der Waals surface area contributed by atoms with E-state index in [9.17, 15) is 14.7 Å². The van der Waals surface area contributed by atoms with Gasteiger partial charge < -0.3 is 19.9 Å². The van der Waals surface area contributed by atoms with Crippen molar-refractivity contribution in [3.8, 4) is 17.2 Å². The van der Waals surface area contributed by atoms with Gasteiger partial charge in [0.15, 0.2) is 0 Å². The highest BCUT2D eigenvalue weighted by Crippen LogP contribution is 2.29. The summed E-state index contributed by atoms with van der Waals surface area (Å²) < 4.78 is 11.7. The quantitative estimate of drug-likeness (QED) is 0.471. The second kappa shape index (κ2) is 9.76. The van der Waals surface area contributed by atoms with E-state index >= 15 is 0 Å². The van der Waals surface area contributed by atoms with Crippen LogP contribution in [0.15, 0.2) is 83.0 Å². The first-order valence-electron chi connectivity index (χ1n) is 8.89. The Balaban J connectivity index is 1.75. The molecule has 1 amide bonds. The summed E-state index contributed by atoms with van der Waals surface area (Å²) in [6.45, 7) is 0. The van der Waals surface area contributed by atoms with Crippen LogP contribution in [0.25, 0.3) is 6.08 Å². The van der Waals surface area contributed by atoms with Crippen LogP contribution in [0.5, 0.6) is 17.2 Å². The topological polar surface area (TPSA) is 84.9 Å². The van der Waals surface area contributed by atoms with E-state index in [0.717, 1.165) is 4.47 Å². The second-order valence-electron chi connectivity index (χ2n) is 6.15. The lowest BCUT2D eigenvalue weighted by Crippen LogP contribution is -2.27. The van der Waals surface area contributed by atoms with E-state index in [0.29, 0.717) is 28.4 Å². The maximum atomic E-state index is 12.4. The molecule has 0 saturated heterocycles. The monoisotopic (exact) mass is 467 g/mol. The summed E-state index contributed by atoms with van der Waals surface area (Å²) in [6, 6.07) is 20.7. The largest absolute Gasteiger partial charge is 0.497 e. The molecule has 152 valence electrons. The summed E-state index contributed by atoms with van der Waals surface area (Å²) in [5, 5.41) is 11.9. The number of nitrogens with one attached hydrogen (secondary N) is 1. The highest BCUT2D eigenvalue weighted by atomic mass is 79.9. The van der Waals surface area contributed by atoms with Crippen molar-refractivity contribution in [1.82, 2.24) is 5.32 Å². The molecule has 0 bridgehead atoms. The molecule has 0 aromatic heterocycles. The minimum absolute atomic E-state index is 0.248. The summed E-state index contributed by atoms with van der Waals surface area (Å²) in [5.74, 6) is -0.0331. The summed E-state index contributed by atoms with van der Waals surface area (Å²) in [7, 11) is 1.49. The zero-order valence-electron chi connectivity index (χ0n) is 16.0. The number of carbonyl (C=O) groups excluding carboxylic acids is 1. The third-order valence-electron chi connectivity index (χ3n) is 4.07. The first kappa shape index (κ1) is 21.1. The molecule has 30 heavy (non-hydrogen) atoms. The molecule has 0 spiro atoms. The predicted molar refractivity (Wildman–Crippen MR) is 117 cm³/mol. The fraction of sp³-hybridized carbons (Fsp3) is 0.0435. The third-order valence-corrected chi connectivity index (χ3v) is 4.72. The van der Waals surface area contributed by atoms with Gasteiger partial charge in [0, 0.05) is 5.56 Å². The number of methoxy groups -OCH3 is 1. The number of amides is 1. The van der Waals surface area contributed by atoms with Gasteiger partial charge in [-0.05, 0) is 70.0 Å². The Kier molecular flexibility index (Phi) is 6.87.